The highest BCUT2D eigenvalue weighted by Gasteiger charge is 2.22. The minimum atomic E-state index is -0.453. The Bertz CT molecular complexity index is 686. The number of rotatable bonds is 4. The van der Waals surface area contributed by atoms with Crippen molar-refractivity contribution in [3.63, 3.8) is 0 Å². The number of carbonyl (C=O) groups is 1. The van der Waals surface area contributed by atoms with Crippen LogP contribution in [0.2, 0.25) is 0 Å². The summed E-state index contributed by atoms with van der Waals surface area (Å²) in [7, 11) is 0. The fourth-order valence-electron chi connectivity index (χ4n) is 2.50. The van der Waals surface area contributed by atoms with Crippen molar-refractivity contribution in [2.45, 2.75) is 6.42 Å². The summed E-state index contributed by atoms with van der Waals surface area (Å²) in [6, 6.07) is 6.65. The van der Waals surface area contributed by atoms with Crippen LogP contribution in [0.1, 0.15) is 10.6 Å². The zero-order valence-corrected chi connectivity index (χ0v) is 13.3. The molecule has 1 saturated heterocycles. The van der Waals surface area contributed by atoms with Crippen molar-refractivity contribution in [3.8, 4) is 0 Å². The molecule has 1 aromatic carbocycles. The molecule has 8 heteroatoms. The first-order valence-electron chi connectivity index (χ1n) is 7.36. The number of aromatic nitrogens is 2. The van der Waals surface area contributed by atoms with Crippen LogP contribution in [0.15, 0.2) is 24.3 Å². The van der Waals surface area contributed by atoms with Gasteiger partial charge >= 0.3 is 0 Å². The smallest absolute Gasteiger partial charge is 0.248 e. The maximum atomic E-state index is 13.7. The number of carbonyl (C=O) groups excluding carboxylic acids is 1. The van der Waals surface area contributed by atoms with Crippen LogP contribution in [0, 0.1) is 5.82 Å². The van der Waals surface area contributed by atoms with Crippen molar-refractivity contribution in [2.24, 2.45) is 0 Å². The standard InChI is InChI=1S/C15H17FN4O2S/c16-12-4-2-1-3-11(12)9-13-17-18-15(23-13)20-7-5-19(6-8-20)14(22)10-21/h1-4,21H,5-10H2. The van der Waals surface area contributed by atoms with Gasteiger partial charge in [0.25, 0.3) is 0 Å². The Balaban J connectivity index is 1.62. The van der Waals surface area contributed by atoms with Crippen LogP contribution in [0.25, 0.3) is 0 Å². The number of hydrogen-bond donors (Lipinski definition) is 1. The van der Waals surface area contributed by atoms with Gasteiger partial charge in [-0.05, 0) is 11.6 Å². The lowest BCUT2D eigenvalue weighted by atomic mass is 10.1. The van der Waals surface area contributed by atoms with E-state index < -0.39 is 6.61 Å². The molecule has 0 atom stereocenters. The van der Waals surface area contributed by atoms with Gasteiger partial charge in [-0.2, -0.15) is 0 Å². The molecule has 2 heterocycles. The highest BCUT2D eigenvalue weighted by Crippen LogP contribution is 2.24. The predicted octanol–water partition coefficient (Wildman–Crippen LogP) is 0.909. The maximum absolute atomic E-state index is 13.7. The second kappa shape index (κ2) is 7.01. The summed E-state index contributed by atoms with van der Waals surface area (Å²) in [6.45, 7) is 1.97. The Hall–Kier alpha value is -2.06. The molecular weight excluding hydrogens is 319 g/mol. The third kappa shape index (κ3) is 3.65. The van der Waals surface area contributed by atoms with Gasteiger partial charge in [0.05, 0.1) is 0 Å². The molecule has 0 bridgehead atoms. The van der Waals surface area contributed by atoms with Crippen LogP contribution < -0.4 is 4.90 Å². The van der Waals surface area contributed by atoms with Gasteiger partial charge in [0.15, 0.2) is 0 Å². The first-order valence-corrected chi connectivity index (χ1v) is 8.18. The SMILES string of the molecule is O=C(CO)N1CCN(c2nnc(Cc3ccccc3F)s2)CC1. The summed E-state index contributed by atoms with van der Waals surface area (Å²) in [5.41, 5.74) is 0.605. The maximum Gasteiger partial charge on any atom is 0.248 e. The highest BCUT2D eigenvalue weighted by molar-refractivity contribution is 7.15. The Labute approximate surface area is 137 Å². The second-order valence-corrected chi connectivity index (χ2v) is 6.31. The number of aliphatic hydroxyl groups is 1. The number of amides is 1. The number of anilines is 1. The second-order valence-electron chi connectivity index (χ2n) is 5.27. The molecule has 0 spiro atoms. The number of piperazine rings is 1. The zero-order valence-electron chi connectivity index (χ0n) is 12.5. The summed E-state index contributed by atoms with van der Waals surface area (Å²) in [5, 5.41) is 18.7. The Morgan fingerprint density at radius 1 is 1.22 bits per heavy atom. The fraction of sp³-hybridized carbons (Fsp3) is 0.400. The van der Waals surface area contributed by atoms with Gasteiger partial charge in [0.1, 0.15) is 17.4 Å². The van der Waals surface area contributed by atoms with Gasteiger partial charge in [-0.1, -0.05) is 29.5 Å². The molecule has 1 amide bonds. The average Bonchev–Trinajstić information content (AvgIpc) is 3.05. The summed E-state index contributed by atoms with van der Waals surface area (Å²) in [6.07, 6.45) is 0.424. The Morgan fingerprint density at radius 3 is 2.65 bits per heavy atom. The van der Waals surface area contributed by atoms with Gasteiger partial charge in [0.2, 0.25) is 11.0 Å². The Morgan fingerprint density at radius 2 is 1.96 bits per heavy atom. The first kappa shape index (κ1) is 15.8. The van der Waals surface area contributed by atoms with Crippen molar-refractivity contribution >= 4 is 22.4 Å². The molecule has 6 nitrogen and oxygen atoms in total. The van der Waals surface area contributed by atoms with Gasteiger partial charge in [0, 0.05) is 32.6 Å². The van der Waals surface area contributed by atoms with Crippen LogP contribution in [0.4, 0.5) is 9.52 Å². The molecule has 1 aromatic heterocycles. The zero-order chi connectivity index (χ0) is 16.2. The van der Waals surface area contributed by atoms with Crippen molar-refractivity contribution in [2.75, 3.05) is 37.7 Å². The van der Waals surface area contributed by atoms with E-state index in [9.17, 15) is 9.18 Å². The molecule has 3 rings (SSSR count). The lowest BCUT2D eigenvalue weighted by Gasteiger charge is -2.33. The average molecular weight is 336 g/mol. The minimum Gasteiger partial charge on any atom is -0.387 e. The molecule has 0 aliphatic carbocycles. The number of benzene rings is 1. The van der Waals surface area contributed by atoms with Gasteiger partial charge in [-0.25, -0.2) is 4.39 Å². The summed E-state index contributed by atoms with van der Waals surface area (Å²) >= 11 is 1.44. The first-order chi connectivity index (χ1) is 11.2. The molecule has 0 radical (unpaired) electrons. The molecule has 2 aromatic rings. The van der Waals surface area contributed by atoms with Gasteiger partial charge in [-0.15, -0.1) is 10.2 Å². The van der Waals surface area contributed by atoms with Gasteiger partial charge < -0.3 is 14.9 Å². The van der Waals surface area contributed by atoms with Crippen molar-refractivity contribution in [3.05, 3.63) is 40.7 Å². The molecule has 1 N–H and O–H groups in total. The van der Waals surface area contributed by atoms with E-state index in [0.29, 0.717) is 38.2 Å². The van der Waals surface area contributed by atoms with E-state index in [0.717, 1.165) is 10.1 Å². The molecule has 0 saturated carbocycles. The fourth-order valence-corrected chi connectivity index (χ4v) is 3.41. The summed E-state index contributed by atoms with van der Waals surface area (Å²) in [5.74, 6) is -0.484. The minimum absolute atomic E-state index is 0.236. The molecule has 0 unspecified atom stereocenters. The summed E-state index contributed by atoms with van der Waals surface area (Å²) in [4.78, 5) is 15.1. The van der Waals surface area contributed by atoms with Crippen LogP contribution >= 0.6 is 11.3 Å². The van der Waals surface area contributed by atoms with E-state index in [2.05, 4.69) is 15.1 Å². The van der Waals surface area contributed by atoms with E-state index in [1.54, 1.807) is 23.1 Å². The molecule has 1 aliphatic rings. The van der Waals surface area contributed by atoms with E-state index in [1.807, 2.05) is 0 Å². The molecule has 122 valence electrons. The van der Waals surface area contributed by atoms with Gasteiger partial charge in [-0.3, -0.25) is 4.79 Å². The van der Waals surface area contributed by atoms with E-state index in [4.69, 9.17) is 5.11 Å². The largest absolute Gasteiger partial charge is 0.387 e. The van der Waals surface area contributed by atoms with Crippen LogP contribution in [0.5, 0.6) is 0 Å². The van der Waals surface area contributed by atoms with Crippen LogP contribution in [0.3, 0.4) is 0 Å². The van der Waals surface area contributed by atoms with E-state index in [1.165, 1.54) is 17.4 Å². The molecular formula is C15H17FN4O2S. The van der Waals surface area contributed by atoms with Crippen molar-refractivity contribution in [1.82, 2.24) is 15.1 Å². The predicted molar refractivity (Wildman–Crippen MR) is 85.0 cm³/mol. The molecule has 1 aliphatic heterocycles. The molecule has 1 fully saturated rings. The lowest BCUT2D eigenvalue weighted by molar-refractivity contribution is -0.134. The van der Waals surface area contributed by atoms with Crippen LogP contribution in [-0.2, 0) is 11.2 Å². The molecule has 23 heavy (non-hydrogen) atoms. The van der Waals surface area contributed by atoms with Crippen molar-refractivity contribution < 1.29 is 14.3 Å². The summed E-state index contributed by atoms with van der Waals surface area (Å²) < 4.78 is 13.7. The monoisotopic (exact) mass is 336 g/mol. The third-order valence-electron chi connectivity index (χ3n) is 3.79. The number of nitrogens with zero attached hydrogens (tertiary/aromatic N) is 4. The number of hydrogen-bond acceptors (Lipinski definition) is 6. The van der Waals surface area contributed by atoms with E-state index >= 15 is 0 Å². The third-order valence-corrected chi connectivity index (χ3v) is 4.78. The normalized spacial score (nSPS) is 15.0. The number of aliphatic hydroxyl groups excluding tert-OH is 1. The quantitative estimate of drug-likeness (QED) is 0.899. The lowest BCUT2D eigenvalue weighted by Crippen LogP contribution is -2.49. The topological polar surface area (TPSA) is 69.6 Å². The number of halogens is 1. The Kier molecular flexibility index (Phi) is 4.82. The van der Waals surface area contributed by atoms with Crippen LogP contribution in [-0.4, -0.2) is 58.9 Å². The highest BCUT2D eigenvalue weighted by atomic mass is 32.1. The van der Waals surface area contributed by atoms with Crippen molar-refractivity contribution in [1.29, 1.82) is 0 Å². The van der Waals surface area contributed by atoms with E-state index in [-0.39, 0.29) is 11.7 Å².